The average Bonchev–Trinajstić information content (AvgIpc) is 2.83. The fourth-order valence-electron chi connectivity index (χ4n) is 4.73. The van der Waals surface area contributed by atoms with E-state index in [1.54, 1.807) is 0 Å². The first kappa shape index (κ1) is 32.4. The molecule has 1 heteroatoms. The van der Waals surface area contributed by atoms with Gasteiger partial charge in [-0.2, -0.15) is 0 Å². The third-order valence-electron chi connectivity index (χ3n) is 7.25. The van der Waals surface area contributed by atoms with Crippen molar-refractivity contribution in [3.8, 4) is 0 Å². The van der Waals surface area contributed by atoms with Gasteiger partial charge >= 0.3 is 0 Å². The first-order chi connectivity index (χ1) is 16.3. The monoisotopic (exact) mass is 461 g/mol. The van der Waals surface area contributed by atoms with E-state index in [4.69, 9.17) is 0 Å². The van der Waals surface area contributed by atoms with E-state index < -0.39 is 0 Å². The predicted molar refractivity (Wildman–Crippen MR) is 153 cm³/mol. The minimum Gasteiger partial charge on any atom is -0.304 e. The Labute approximate surface area is 210 Å². The van der Waals surface area contributed by atoms with Crippen LogP contribution in [0, 0.1) is 0 Å². The van der Waals surface area contributed by atoms with Crippen molar-refractivity contribution in [1.29, 1.82) is 0 Å². The van der Waals surface area contributed by atoms with Crippen molar-refractivity contribution in [1.82, 2.24) is 4.90 Å². The number of hydrogen-bond donors (Lipinski definition) is 0. The molecule has 0 aliphatic carbocycles. The third-order valence-corrected chi connectivity index (χ3v) is 7.25. The van der Waals surface area contributed by atoms with Crippen LogP contribution in [0.3, 0.4) is 0 Å². The van der Waals surface area contributed by atoms with E-state index in [1.165, 1.54) is 141 Å². The molecular formula is C32H63N. The summed E-state index contributed by atoms with van der Waals surface area (Å²) in [5.41, 5.74) is 0. The van der Waals surface area contributed by atoms with Crippen molar-refractivity contribution in [3.63, 3.8) is 0 Å². The first-order valence-electron chi connectivity index (χ1n) is 15.3. The van der Waals surface area contributed by atoms with E-state index >= 15 is 0 Å². The van der Waals surface area contributed by atoms with Crippen LogP contribution in [-0.2, 0) is 0 Å². The number of unbranched alkanes of at least 4 members (excludes halogenated alkanes) is 16. The summed E-state index contributed by atoms with van der Waals surface area (Å²) in [5.74, 6) is 0. The van der Waals surface area contributed by atoms with Crippen molar-refractivity contribution in [2.45, 2.75) is 168 Å². The molecule has 0 radical (unpaired) electrons. The fourth-order valence-corrected chi connectivity index (χ4v) is 4.73. The number of rotatable bonds is 26. The molecule has 0 bridgehead atoms. The molecule has 0 aromatic carbocycles. The lowest BCUT2D eigenvalue weighted by Gasteiger charge is -2.27. The highest BCUT2D eigenvalue weighted by Crippen LogP contribution is 2.18. The van der Waals surface area contributed by atoms with E-state index in [2.05, 4.69) is 57.0 Å². The molecule has 1 atom stereocenters. The minimum atomic E-state index is 0.823. The van der Waals surface area contributed by atoms with Crippen LogP contribution in [-0.4, -0.2) is 24.5 Å². The second-order valence-corrected chi connectivity index (χ2v) is 10.4. The Hall–Kier alpha value is -0.560. The summed E-state index contributed by atoms with van der Waals surface area (Å²) < 4.78 is 0. The van der Waals surface area contributed by atoms with Gasteiger partial charge in [-0.05, 0) is 58.5 Å². The van der Waals surface area contributed by atoms with Gasteiger partial charge in [-0.1, -0.05) is 141 Å². The van der Waals surface area contributed by atoms with Crippen molar-refractivity contribution in [3.05, 3.63) is 24.3 Å². The number of allylic oxidation sites excluding steroid dienone is 4. The Balaban J connectivity index is 3.56. The zero-order valence-corrected chi connectivity index (χ0v) is 23.6. The summed E-state index contributed by atoms with van der Waals surface area (Å²) in [5, 5.41) is 0. The Morgan fingerprint density at radius 2 is 0.879 bits per heavy atom. The third kappa shape index (κ3) is 24.4. The van der Waals surface area contributed by atoms with E-state index in [-0.39, 0.29) is 0 Å². The molecule has 0 aliphatic rings. The second kappa shape index (κ2) is 27.7. The van der Waals surface area contributed by atoms with Crippen LogP contribution in [0.1, 0.15) is 162 Å². The van der Waals surface area contributed by atoms with Crippen LogP contribution in [0.25, 0.3) is 0 Å². The maximum atomic E-state index is 2.60. The molecule has 0 aromatic heterocycles. The lowest BCUT2D eigenvalue weighted by atomic mass is 9.99. The van der Waals surface area contributed by atoms with Gasteiger partial charge < -0.3 is 4.90 Å². The molecule has 0 amide bonds. The summed E-state index contributed by atoms with van der Waals surface area (Å²) in [6.45, 7) is 8.09. The lowest BCUT2D eigenvalue weighted by molar-refractivity contribution is 0.219. The maximum absolute atomic E-state index is 2.60. The normalized spacial score (nSPS) is 13.1. The highest BCUT2D eigenvalue weighted by Gasteiger charge is 2.12. The largest absolute Gasteiger partial charge is 0.304 e. The van der Waals surface area contributed by atoms with Crippen molar-refractivity contribution >= 4 is 0 Å². The molecule has 0 saturated carbocycles. The summed E-state index contributed by atoms with van der Waals surface area (Å²) >= 11 is 0. The Bertz CT molecular complexity index is 411. The number of nitrogens with zero attached hydrogens (tertiary/aromatic N) is 1. The molecule has 33 heavy (non-hydrogen) atoms. The van der Waals surface area contributed by atoms with Gasteiger partial charge in [0, 0.05) is 6.04 Å². The predicted octanol–water partition coefficient (Wildman–Crippen LogP) is 11.0. The molecule has 0 rings (SSSR count). The van der Waals surface area contributed by atoms with E-state index in [0.29, 0.717) is 0 Å². The topological polar surface area (TPSA) is 3.24 Å². The second-order valence-electron chi connectivity index (χ2n) is 10.4. The standard InChI is InChI=1S/C32H63N/c1-5-8-10-12-14-15-16-17-18-19-20-21-22-23-25-27-29-31-32(33(4)7-3)30-28-26-24-13-11-9-6-2/h14-15,17-18,32H,5-13,16,19-31H2,1-4H3/b15-14-,18-17-. The van der Waals surface area contributed by atoms with Gasteiger partial charge in [0.15, 0.2) is 0 Å². The Kier molecular flexibility index (Phi) is 27.2. The average molecular weight is 462 g/mol. The van der Waals surface area contributed by atoms with Gasteiger partial charge in [0.25, 0.3) is 0 Å². The first-order valence-corrected chi connectivity index (χ1v) is 15.3. The quantitative estimate of drug-likeness (QED) is 0.0914. The summed E-state index contributed by atoms with van der Waals surface area (Å²) in [7, 11) is 2.34. The van der Waals surface area contributed by atoms with Crippen molar-refractivity contribution in [2.75, 3.05) is 13.6 Å². The molecule has 0 aromatic rings. The summed E-state index contributed by atoms with van der Waals surface area (Å²) in [4.78, 5) is 2.60. The van der Waals surface area contributed by atoms with Gasteiger partial charge in [-0.3, -0.25) is 0 Å². The summed E-state index contributed by atoms with van der Waals surface area (Å²) in [6, 6.07) is 0.823. The van der Waals surface area contributed by atoms with E-state index in [9.17, 15) is 0 Å². The molecule has 0 N–H and O–H groups in total. The molecule has 0 heterocycles. The fraction of sp³-hybridized carbons (Fsp3) is 0.875. The molecule has 0 fully saturated rings. The van der Waals surface area contributed by atoms with Gasteiger partial charge in [0.2, 0.25) is 0 Å². The highest BCUT2D eigenvalue weighted by atomic mass is 15.1. The Morgan fingerprint density at radius 3 is 1.36 bits per heavy atom. The van der Waals surface area contributed by atoms with E-state index in [1.807, 2.05) is 0 Å². The van der Waals surface area contributed by atoms with Crippen LogP contribution in [0.15, 0.2) is 24.3 Å². The smallest absolute Gasteiger partial charge is 0.00920 e. The zero-order valence-electron chi connectivity index (χ0n) is 23.6. The van der Waals surface area contributed by atoms with E-state index in [0.717, 1.165) is 12.5 Å². The highest BCUT2D eigenvalue weighted by molar-refractivity contribution is 4.92. The molecule has 0 saturated heterocycles. The Morgan fingerprint density at radius 1 is 0.485 bits per heavy atom. The maximum Gasteiger partial charge on any atom is 0.00920 e. The zero-order chi connectivity index (χ0) is 24.2. The molecule has 0 aliphatic heterocycles. The number of hydrogen-bond acceptors (Lipinski definition) is 1. The molecule has 1 unspecified atom stereocenters. The van der Waals surface area contributed by atoms with Crippen LogP contribution in [0.4, 0.5) is 0 Å². The van der Waals surface area contributed by atoms with Crippen LogP contribution in [0.2, 0.25) is 0 Å². The molecular weight excluding hydrogens is 398 g/mol. The van der Waals surface area contributed by atoms with Gasteiger partial charge in [0.05, 0.1) is 0 Å². The minimum absolute atomic E-state index is 0.823. The van der Waals surface area contributed by atoms with Crippen LogP contribution >= 0.6 is 0 Å². The molecule has 0 spiro atoms. The van der Waals surface area contributed by atoms with Crippen LogP contribution < -0.4 is 0 Å². The molecule has 1 nitrogen and oxygen atoms in total. The van der Waals surface area contributed by atoms with Gasteiger partial charge in [-0.15, -0.1) is 0 Å². The van der Waals surface area contributed by atoms with Crippen molar-refractivity contribution in [2.24, 2.45) is 0 Å². The summed E-state index contributed by atoms with van der Waals surface area (Å²) in [6.07, 6.45) is 40.0. The molecule has 196 valence electrons. The van der Waals surface area contributed by atoms with Gasteiger partial charge in [0.1, 0.15) is 0 Å². The van der Waals surface area contributed by atoms with Crippen molar-refractivity contribution < 1.29 is 0 Å². The lowest BCUT2D eigenvalue weighted by Crippen LogP contribution is -2.31. The SMILES string of the molecule is CCCCC/C=C\C/C=C\CCCCCCCCCC(CCCCCCCCC)N(C)CC. The van der Waals surface area contributed by atoms with Gasteiger partial charge in [-0.25, -0.2) is 0 Å². The van der Waals surface area contributed by atoms with Crippen LogP contribution in [0.5, 0.6) is 0 Å².